The zero-order valence-electron chi connectivity index (χ0n) is 19.5. The van der Waals surface area contributed by atoms with Crippen LogP contribution in [-0.2, 0) is 14.3 Å². The van der Waals surface area contributed by atoms with Gasteiger partial charge in [-0.25, -0.2) is 4.79 Å². The van der Waals surface area contributed by atoms with E-state index in [-0.39, 0.29) is 17.4 Å². The monoisotopic (exact) mass is 423 g/mol. The number of nitrogens with one attached hydrogen (secondary N) is 1. The van der Waals surface area contributed by atoms with Crippen molar-refractivity contribution in [2.24, 2.45) is 11.3 Å². The van der Waals surface area contributed by atoms with E-state index >= 15 is 0 Å². The Kier molecular flexibility index (Phi) is 7.33. The lowest BCUT2D eigenvalue weighted by atomic mass is 9.74. The topological polar surface area (TPSA) is 71.1 Å². The molecule has 7 nitrogen and oxygen atoms in total. The Morgan fingerprint density at radius 2 is 1.60 bits per heavy atom. The van der Waals surface area contributed by atoms with E-state index in [1.54, 1.807) is 4.90 Å². The predicted octanol–water partition coefficient (Wildman–Crippen LogP) is 3.03. The van der Waals surface area contributed by atoms with Gasteiger partial charge in [0.2, 0.25) is 5.91 Å². The van der Waals surface area contributed by atoms with Crippen LogP contribution in [0.5, 0.6) is 0 Å². The van der Waals surface area contributed by atoms with Crippen LogP contribution in [0, 0.1) is 11.3 Å². The molecule has 2 heterocycles. The van der Waals surface area contributed by atoms with Gasteiger partial charge >= 0.3 is 6.09 Å². The molecule has 3 aliphatic rings. The molecule has 172 valence electrons. The van der Waals surface area contributed by atoms with Crippen LogP contribution in [0.25, 0.3) is 0 Å². The Hall–Kier alpha value is -1.34. The average molecular weight is 424 g/mol. The minimum atomic E-state index is -0.498. The van der Waals surface area contributed by atoms with Crippen LogP contribution in [-0.4, -0.2) is 78.9 Å². The molecule has 2 atom stereocenters. The maximum absolute atomic E-state index is 13.7. The molecular formula is C23H41N3O4. The zero-order chi connectivity index (χ0) is 21.9. The fraction of sp³-hybridized carbons (Fsp3) is 0.913. The second-order valence-corrected chi connectivity index (χ2v) is 10.6. The van der Waals surface area contributed by atoms with E-state index in [4.69, 9.17) is 9.47 Å². The second-order valence-electron chi connectivity index (χ2n) is 10.6. The molecule has 1 N–H and O–H groups in total. The summed E-state index contributed by atoms with van der Waals surface area (Å²) < 4.78 is 11.0. The van der Waals surface area contributed by atoms with Gasteiger partial charge in [-0.15, -0.1) is 0 Å². The summed E-state index contributed by atoms with van der Waals surface area (Å²) in [5.41, 5.74) is -0.793. The quantitative estimate of drug-likeness (QED) is 0.753. The number of piperazine rings is 1. The van der Waals surface area contributed by atoms with Gasteiger partial charge in [0.25, 0.3) is 0 Å². The van der Waals surface area contributed by atoms with E-state index in [2.05, 4.69) is 19.2 Å². The standard InChI is InChI=1S/C23H41N3O4/c1-17(2)23(9-6-19(16-23)24-18-7-14-29-15-8-18)20(27)25-10-12-26(13-11-25)21(28)30-22(3,4)5/h17-19,24H,6-16H2,1-5H3/t19-,23+/m1/s1. The maximum Gasteiger partial charge on any atom is 0.410 e. The number of carbonyl (C=O) groups is 2. The highest BCUT2D eigenvalue weighted by atomic mass is 16.6. The van der Waals surface area contributed by atoms with Crippen LogP contribution in [0.2, 0.25) is 0 Å². The first-order chi connectivity index (χ1) is 14.1. The van der Waals surface area contributed by atoms with Crippen molar-refractivity contribution < 1.29 is 19.1 Å². The van der Waals surface area contributed by atoms with Crippen molar-refractivity contribution in [3.05, 3.63) is 0 Å². The van der Waals surface area contributed by atoms with Crippen LogP contribution in [0.15, 0.2) is 0 Å². The van der Waals surface area contributed by atoms with Gasteiger partial charge in [0.05, 0.1) is 5.41 Å². The van der Waals surface area contributed by atoms with E-state index in [0.29, 0.717) is 44.2 Å². The fourth-order valence-electron chi connectivity index (χ4n) is 5.11. The van der Waals surface area contributed by atoms with Gasteiger partial charge in [-0.05, 0) is 58.8 Å². The number of rotatable bonds is 4. The van der Waals surface area contributed by atoms with E-state index in [0.717, 1.165) is 45.3 Å². The van der Waals surface area contributed by atoms with Crippen LogP contribution in [0.3, 0.4) is 0 Å². The smallest absolute Gasteiger partial charge is 0.410 e. The summed E-state index contributed by atoms with van der Waals surface area (Å²) in [6.45, 7) is 13.9. The van der Waals surface area contributed by atoms with Gasteiger partial charge in [0, 0.05) is 51.5 Å². The summed E-state index contributed by atoms with van der Waals surface area (Å²) in [7, 11) is 0. The lowest BCUT2D eigenvalue weighted by Gasteiger charge is -2.42. The molecule has 2 aliphatic heterocycles. The first-order valence-electron chi connectivity index (χ1n) is 11.7. The van der Waals surface area contributed by atoms with Crippen LogP contribution in [0.1, 0.15) is 66.7 Å². The first kappa shape index (κ1) is 23.3. The number of nitrogens with zero attached hydrogens (tertiary/aromatic N) is 2. The van der Waals surface area contributed by atoms with Crippen molar-refractivity contribution in [2.75, 3.05) is 39.4 Å². The Morgan fingerprint density at radius 3 is 2.17 bits per heavy atom. The maximum atomic E-state index is 13.7. The van der Waals surface area contributed by atoms with Gasteiger partial charge < -0.3 is 24.6 Å². The molecule has 0 aromatic heterocycles. The number of ether oxygens (including phenoxy) is 2. The second kappa shape index (κ2) is 9.43. The summed E-state index contributed by atoms with van der Waals surface area (Å²) in [4.78, 5) is 29.7. The number of hydrogen-bond donors (Lipinski definition) is 1. The Labute approximate surface area is 181 Å². The number of amides is 2. The Morgan fingerprint density at radius 1 is 1.00 bits per heavy atom. The SMILES string of the molecule is CC(C)[C@]1(C(=O)N2CCN(C(=O)OC(C)(C)C)CC2)CC[C@@H](NC2CCOCC2)C1. The summed E-state index contributed by atoms with van der Waals surface area (Å²) in [6, 6.07) is 0.918. The first-order valence-corrected chi connectivity index (χ1v) is 11.7. The Balaban J connectivity index is 1.56. The van der Waals surface area contributed by atoms with Gasteiger partial charge in [0.15, 0.2) is 0 Å². The van der Waals surface area contributed by atoms with Crippen molar-refractivity contribution in [3.63, 3.8) is 0 Å². The lowest BCUT2D eigenvalue weighted by molar-refractivity contribution is -0.146. The minimum absolute atomic E-state index is 0.276. The molecule has 0 aromatic rings. The average Bonchev–Trinajstić information content (AvgIpc) is 3.12. The van der Waals surface area contributed by atoms with Gasteiger partial charge in [-0.3, -0.25) is 4.79 Å². The molecule has 7 heteroatoms. The molecule has 0 aromatic carbocycles. The molecule has 2 saturated heterocycles. The van der Waals surface area contributed by atoms with Gasteiger partial charge in [-0.2, -0.15) is 0 Å². The summed E-state index contributed by atoms with van der Waals surface area (Å²) in [5, 5.41) is 3.81. The van der Waals surface area contributed by atoms with E-state index in [1.807, 2.05) is 25.7 Å². The van der Waals surface area contributed by atoms with Crippen molar-refractivity contribution >= 4 is 12.0 Å². The van der Waals surface area contributed by atoms with E-state index in [9.17, 15) is 9.59 Å². The highest BCUT2D eigenvalue weighted by Gasteiger charge is 2.49. The molecule has 2 amide bonds. The van der Waals surface area contributed by atoms with Crippen molar-refractivity contribution in [1.29, 1.82) is 0 Å². The predicted molar refractivity (Wildman–Crippen MR) is 116 cm³/mol. The summed E-state index contributed by atoms with van der Waals surface area (Å²) in [6.07, 6.45) is 4.75. The molecule has 30 heavy (non-hydrogen) atoms. The van der Waals surface area contributed by atoms with Crippen LogP contribution in [0.4, 0.5) is 4.79 Å². The number of carbonyl (C=O) groups excluding carboxylic acids is 2. The minimum Gasteiger partial charge on any atom is -0.444 e. The van der Waals surface area contributed by atoms with Crippen molar-refractivity contribution in [1.82, 2.24) is 15.1 Å². The van der Waals surface area contributed by atoms with E-state index < -0.39 is 5.60 Å². The van der Waals surface area contributed by atoms with Crippen molar-refractivity contribution in [2.45, 2.75) is 84.4 Å². The molecule has 3 fully saturated rings. The third-order valence-corrected chi connectivity index (χ3v) is 6.99. The van der Waals surface area contributed by atoms with Crippen molar-refractivity contribution in [3.8, 4) is 0 Å². The molecule has 0 radical (unpaired) electrons. The summed E-state index contributed by atoms with van der Waals surface area (Å²) >= 11 is 0. The highest BCUT2D eigenvalue weighted by Crippen LogP contribution is 2.46. The molecule has 1 saturated carbocycles. The lowest BCUT2D eigenvalue weighted by Crippen LogP contribution is -2.55. The normalized spacial score (nSPS) is 28.8. The molecular weight excluding hydrogens is 382 g/mol. The highest BCUT2D eigenvalue weighted by molar-refractivity contribution is 5.84. The molecule has 0 spiro atoms. The van der Waals surface area contributed by atoms with Gasteiger partial charge in [0.1, 0.15) is 5.60 Å². The summed E-state index contributed by atoms with van der Waals surface area (Å²) in [5.74, 6) is 0.577. The Bertz CT molecular complexity index is 604. The molecule has 1 aliphatic carbocycles. The fourth-order valence-corrected chi connectivity index (χ4v) is 5.11. The van der Waals surface area contributed by atoms with E-state index in [1.165, 1.54) is 0 Å². The zero-order valence-corrected chi connectivity index (χ0v) is 19.5. The number of hydrogen-bond acceptors (Lipinski definition) is 5. The molecule has 3 rings (SSSR count). The third kappa shape index (κ3) is 5.47. The molecule has 0 bridgehead atoms. The van der Waals surface area contributed by atoms with Crippen LogP contribution >= 0.6 is 0 Å². The third-order valence-electron chi connectivity index (χ3n) is 6.99. The largest absolute Gasteiger partial charge is 0.444 e. The molecule has 0 unspecified atom stereocenters. The van der Waals surface area contributed by atoms with Gasteiger partial charge in [-0.1, -0.05) is 13.8 Å². The van der Waals surface area contributed by atoms with Crippen LogP contribution < -0.4 is 5.32 Å².